The smallest absolute Gasteiger partial charge is 0.306 e. The van der Waals surface area contributed by atoms with Crippen molar-refractivity contribution in [2.45, 2.75) is 418 Å². The largest absolute Gasteiger partial charge is 0.462 e. The van der Waals surface area contributed by atoms with Crippen LogP contribution >= 0.6 is 0 Å². The van der Waals surface area contributed by atoms with Gasteiger partial charge in [0.05, 0.1) is 0 Å². The summed E-state index contributed by atoms with van der Waals surface area (Å²) in [4.78, 5) is 64.9. The lowest BCUT2D eigenvalue weighted by Gasteiger charge is -2.21. The van der Waals surface area contributed by atoms with E-state index in [9.17, 15) is 28.8 Å². The van der Waals surface area contributed by atoms with Crippen LogP contribution in [0.15, 0.2) is 0 Å². The standard InChI is InChI=1S/C14H26O2.C13H24O2.2C12H22O2.C11H20O2.C9H16O2/c1-2-3-4-5-6-7-8-9-10-13-11-12-14(15)16-13;1-2-3-4-5-6-7-8-9-12-10-11-13(14)15-12;1-2-3-4-5-6-8-11-9-7-10-12(13)14-11;1-2-3-4-5-6-7-8-11-9-10-12(13)14-11;1-2-3-4-5-6-7-10-8-9-11(12)13-10;1-2-3-4-5-8-6-7-9(10)11-8/h13H,2-12H2,1H3;12H,2-11H2,1H3;2*11H,2-10H2,1H3;10H,2-9H2,1H3;8H,2-7H2,1H3. The number of cyclic esters (lactones) is 6. The number of carbonyl (C=O) groups excluding carboxylic acids is 6. The molecule has 0 aliphatic carbocycles. The lowest BCUT2D eigenvalue weighted by atomic mass is 10.0. The summed E-state index contributed by atoms with van der Waals surface area (Å²) in [6.45, 7) is 13.4. The Morgan fingerprint density at radius 2 is 0.373 bits per heavy atom. The number of carbonyl (C=O) groups is 6. The normalized spacial score (nSPS) is 21.5. The van der Waals surface area contributed by atoms with E-state index in [1.165, 1.54) is 218 Å². The van der Waals surface area contributed by atoms with Crippen LogP contribution in [0.3, 0.4) is 0 Å². The number of rotatable bonds is 40. The lowest BCUT2D eigenvalue weighted by molar-refractivity contribution is -0.154. The molecule has 6 unspecified atom stereocenters. The molecule has 6 rings (SSSR count). The first-order chi connectivity index (χ1) is 40.5. The molecule has 83 heavy (non-hydrogen) atoms. The van der Waals surface area contributed by atoms with Gasteiger partial charge in [0, 0.05) is 38.5 Å². The summed E-state index contributed by atoms with van der Waals surface area (Å²) in [5, 5.41) is 0. The monoisotopic (exact) mass is 1170 g/mol. The van der Waals surface area contributed by atoms with Crippen molar-refractivity contribution in [2.75, 3.05) is 0 Å². The second-order valence-corrected chi connectivity index (χ2v) is 24.9. The molecule has 6 fully saturated rings. The van der Waals surface area contributed by atoms with Crippen LogP contribution in [-0.2, 0) is 57.2 Å². The molecule has 0 saturated carbocycles. The fourth-order valence-electron chi connectivity index (χ4n) is 11.5. The van der Waals surface area contributed by atoms with Crippen LogP contribution in [0.4, 0.5) is 0 Å². The first-order valence-electron chi connectivity index (χ1n) is 35.6. The van der Waals surface area contributed by atoms with Crippen molar-refractivity contribution < 1.29 is 57.2 Å². The molecule has 486 valence electrons. The third-order valence-corrected chi connectivity index (χ3v) is 16.8. The van der Waals surface area contributed by atoms with Gasteiger partial charge in [-0.2, -0.15) is 0 Å². The zero-order chi connectivity index (χ0) is 60.6. The molecule has 6 aliphatic rings. The second-order valence-electron chi connectivity index (χ2n) is 24.9. The van der Waals surface area contributed by atoms with Crippen LogP contribution in [0.2, 0.25) is 0 Å². The minimum Gasteiger partial charge on any atom is -0.462 e. The third-order valence-electron chi connectivity index (χ3n) is 16.8. The van der Waals surface area contributed by atoms with Gasteiger partial charge in [-0.25, -0.2) is 0 Å². The maximum absolute atomic E-state index is 11.0. The minimum absolute atomic E-state index is 0.000910. The molecule has 0 radical (unpaired) electrons. The molecule has 0 N–H and O–H groups in total. The Hall–Kier alpha value is -3.18. The molecule has 0 aromatic carbocycles. The predicted octanol–water partition coefficient (Wildman–Crippen LogP) is 20.3. The van der Waals surface area contributed by atoms with Gasteiger partial charge in [0.25, 0.3) is 0 Å². The molecule has 0 bridgehead atoms. The lowest BCUT2D eigenvalue weighted by Crippen LogP contribution is -2.23. The Labute approximate surface area is 509 Å². The Bertz CT molecular complexity index is 1570. The quantitative estimate of drug-likeness (QED) is 0.0325. The highest BCUT2D eigenvalue weighted by molar-refractivity contribution is 5.73. The van der Waals surface area contributed by atoms with E-state index in [2.05, 4.69) is 41.5 Å². The van der Waals surface area contributed by atoms with Gasteiger partial charge >= 0.3 is 35.8 Å². The molecule has 6 atom stereocenters. The highest BCUT2D eigenvalue weighted by atomic mass is 16.6. The highest BCUT2D eigenvalue weighted by Gasteiger charge is 2.26. The summed E-state index contributed by atoms with van der Waals surface area (Å²) in [5.74, 6) is 0.00774. The molecule has 6 heterocycles. The summed E-state index contributed by atoms with van der Waals surface area (Å²) in [7, 11) is 0. The fourth-order valence-corrected chi connectivity index (χ4v) is 11.5. The van der Waals surface area contributed by atoms with Gasteiger partial charge in [-0.1, -0.05) is 221 Å². The molecule has 0 spiro atoms. The molecule has 12 nitrogen and oxygen atoms in total. The van der Waals surface area contributed by atoms with Crippen molar-refractivity contribution >= 4 is 35.8 Å². The SMILES string of the molecule is CCCCCC1CCC(=O)O1.CCCCCCCC1CCC(=O)O1.CCCCCCCC1CCCC(=O)O1.CCCCCCCCC1CCC(=O)O1.CCCCCCCCCC1CCC(=O)O1.CCCCCCCCCCC1CCC(=O)O1. The van der Waals surface area contributed by atoms with Gasteiger partial charge in [-0.05, 0) is 122 Å². The topological polar surface area (TPSA) is 158 Å². The van der Waals surface area contributed by atoms with Crippen molar-refractivity contribution in [3.63, 3.8) is 0 Å². The van der Waals surface area contributed by atoms with E-state index in [4.69, 9.17) is 28.4 Å². The fraction of sp³-hybridized carbons (Fsp3) is 0.915. The van der Waals surface area contributed by atoms with Crippen molar-refractivity contribution in [2.24, 2.45) is 0 Å². The average Bonchev–Trinajstić information content (AvgIpc) is 4.39. The van der Waals surface area contributed by atoms with Gasteiger partial charge in [0.1, 0.15) is 36.6 Å². The molecule has 12 heteroatoms. The Balaban J connectivity index is 0.000000500. The summed E-state index contributed by atoms with van der Waals surface area (Å²) < 4.78 is 31.0. The van der Waals surface area contributed by atoms with Gasteiger partial charge < -0.3 is 28.4 Å². The van der Waals surface area contributed by atoms with E-state index in [0.29, 0.717) is 38.5 Å². The first-order valence-corrected chi connectivity index (χ1v) is 35.6. The molecular weight excluding hydrogens is 1040 g/mol. The first kappa shape index (κ1) is 77.8. The molecule has 0 amide bonds. The third kappa shape index (κ3) is 48.6. The molecule has 0 aromatic rings. The summed E-state index contributed by atoms with van der Waals surface area (Å²) in [5.41, 5.74) is 0. The van der Waals surface area contributed by atoms with Crippen molar-refractivity contribution in [3.05, 3.63) is 0 Å². The van der Waals surface area contributed by atoms with Crippen molar-refractivity contribution in [1.29, 1.82) is 0 Å². The van der Waals surface area contributed by atoms with Gasteiger partial charge in [-0.15, -0.1) is 0 Å². The number of esters is 6. The van der Waals surface area contributed by atoms with Crippen LogP contribution in [-0.4, -0.2) is 72.4 Å². The van der Waals surface area contributed by atoms with Crippen LogP contribution in [0, 0.1) is 0 Å². The minimum atomic E-state index is -0.00787. The van der Waals surface area contributed by atoms with E-state index < -0.39 is 0 Å². The van der Waals surface area contributed by atoms with Crippen LogP contribution in [0.1, 0.15) is 382 Å². The summed E-state index contributed by atoms with van der Waals surface area (Å²) >= 11 is 0. The maximum atomic E-state index is 11.0. The Morgan fingerprint density at radius 3 is 0.566 bits per heavy atom. The Kier molecular flexibility index (Phi) is 53.1. The Morgan fingerprint density at radius 1 is 0.217 bits per heavy atom. The van der Waals surface area contributed by atoms with Gasteiger partial charge in [0.2, 0.25) is 0 Å². The van der Waals surface area contributed by atoms with Crippen molar-refractivity contribution in [1.82, 2.24) is 0 Å². The van der Waals surface area contributed by atoms with E-state index in [-0.39, 0.29) is 72.4 Å². The van der Waals surface area contributed by atoms with E-state index in [1.54, 1.807) is 0 Å². The number of hydrogen-bond acceptors (Lipinski definition) is 12. The van der Waals surface area contributed by atoms with Crippen LogP contribution in [0.25, 0.3) is 0 Å². The zero-order valence-electron chi connectivity index (χ0n) is 54.8. The van der Waals surface area contributed by atoms with E-state index in [0.717, 1.165) is 83.5 Å². The number of hydrogen-bond donors (Lipinski definition) is 0. The molecule has 6 aliphatic heterocycles. The predicted molar refractivity (Wildman–Crippen MR) is 338 cm³/mol. The van der Waals surface area contributed by atoms with E-state index in [1.807, 2.05) is 0 Å². The molecule has 6 saturated heterocycles. The number of unbranched alkanes of at least 4 members (excludes halogenated alkanes) is 28. The molecule has 0 aromatic heterocycles. The summed E-state index contributed by atoms with van der Waals surface area (Å²) in [6.07, 6.45) is 63.3. The van der Waals surface area contributed by atoms with Gasteiger partial charge in [-0.3, -0.25) is 28.8 Å². The van der Waals surface area contributed by atoms with Crippen molar-refractivity contribution in [3.8, 4) is 0 Å². The maximum Gasteiger partial charge on any atom is 0.306 e. The second kappa shape index (κ2) is 56.6. The van der Waals surface area contributed by atoms with Crippen LogP contribution in [0.5, 0.6) is 0 Å². The molecular formula is C71H130O12. The summed E-state index contributed by atoms with van der Waals surface area (Å²) in [6, 6.07) is 0. The van der Waals surface area contributed by atoms with Gasteiger partial charge in [0.15, 0.2) is 0 Å². The zero-order valence-corrected chi connectivity index (χ0v) is 54.8. The van der Waals surface area contributed by atoms with Crippen LogP contribution < -0.4 is 0 Å². The van der Waals surface area contributed by atoms with E-state index >= 15 is 0 Å². The number of ether oxygens (including phenoxy) is 6. The average molecular weight is 1180 g/mol. The highest BCUT2D eigenvalue weighted by Crippen LogP contribution is 2.25.